The standard InChI is InChI=1S/C20H24N4.2C3H8/c1-5-13(2)15-6-8-17-16(10-15)7-9-18(17)24-14(3)20-19(21-4)11-22-12-23-20;2*1-3-2/h6,8,10,12,18,24H,2-3,5,7,9,11H2,1,4H3;2*3H2,1-2H3/t18-;;/m0../s1. The molecule has 4 heteroatoms. The van der Waals surface area contributed by atoms with Gasteiger partial charge < -0.3 is 5.32 Å². The summed E-state index contributed by atoms with van der Waals surface area (Å²) in [7, 11) is 1.77. The molecule has 30 heavy (non-hydrogen) atoms. The van der Waals surface area contributed by atoms with Crippen LogP contribution in [0, 0.1) is 0 Å². The summed E-state index contributed by atoms with van der Waals surface area (Å²) in [5.41, 5.74) is 7.72. The van der Waals surface area contributed by atoms with Crippen LogP contribution in [0.1, 0.15) is 83.0 Å². The van der Waals surface area contributed by atoms with Gasteiger partial charge in [-0.25, -0.2) is 4.99 Å². The normalized spacial score (nSPS) is 17.7. The van der Waals surface area contributed by atoms with Gasteiger partial charge in [0.2, 0.25) is 0 Å². The Morgan fingerprint density at radius 3 is 2.40 bits per heavy atom. The molecule has 0 amide bonds. The molecule has 1 N–H and O–H groups in total. The lowest BCUT2D eigenvalue weighted by Crippen LogP contribution is -2.31. The zero-order valence-electron chi connectivity index (χ0n) is 19.9. The molecule has 0 unspecified atom stereocenters. The van der Waals surface area contributed by atoms with Gasteiger partial charge in [-0.05, 0) is 41.5 Å². The summed E-state index contributed by atoms with van der Waals surface area (Å²) in [5.74, 6) is 0. The predicted octanol–water partition coefficient (Wildman–Crippen LogP) is 6.59. The molecule has 0 bridgehead atoms. The minimum atomic E-state index is 0.274. The molecule has 1 aliphatic heterocycles. The highest BCUT2D eigenvalue weighted by atomic mass is 15.0. The summed E-state index contributed by atoms with van der Waals surface area (Å²) in [5, 5.41) is 3.54. The van der Waals surface area contributed by atoms with Gasteiger partial charge in [0.15, 0.2) is 0 Å². The van der Waals surface area contributed by atoms with Crippen molar-refractivity contribution < 1.29 is 0 Å². The minimum absolute atomic E-state index is 0.274. The summed E-state index contributed by atoms with van der Waals surface area (Å²) in [6.07, 6.45) is 7.21. The molecule has 1 aromatic rings. The lowest BCUT2D eigenvalue weighted by molar-refractivity contribution is 0.607. The summed E-state index contributed by atoms with van der Waals surface area (Å²) in [6.45, 7) is 19.5. The highest BCUT2D eigenvalue weighted by Gasteiger charge is 2.25. The number of hydrogen-bond donors (Lipinski definition) is 1. The fourth-order valence-electron chi connectivity index (χ4n) is 3.27. The average molecular weight is 409 g/mol. The highest BCUT2D eigenvalue weighted by Crippen LogP contribution is 2.34. The van der Waals surface area contributed by atoms with Gasteiger partial charge >= 0.3 is 0 Å². The first-order valence-corrected chi connectivity index (χ1v) is 11.3. The number of nitrogens with zero attached hydrogens (tertiary/aromatic N) is 3. The lowest BCUT2D eigenvalue weighted by Gasteiger charge is -2.20. The summed E-state index contributed by atoms with van der Waals surface area (Å²) >= 11 is 0. The Hall–Kier alpha value is -2.49. The Bertz CT molecular complexity index is 797. The van der Waals surface area contributed by atoms with Gasteiger partial charge in [0.25, 0.3) is 0 Å². The van der Waals surface area contributed by atoms with Crippen molar-refractivity contribution in [2.24, 2.45) is 15.0 Å². The molecule has 1 atom stereocenters. The van der Waals surface area contributed by atoms with Gasteiger partial charge in [-0.2, -0.15) is 0 Å². The molecule has 0 saturated carbocycles. The van der Waals surface area contributed by atoms with Gasteiger partial charge in [0, 0.05) is 7.05 Å². The quantitative estimate of drug-likeness (QED) is 0.587. The first-order chi connectivity index (χ1) is 14.5. The van der Waals surface area contributed by atoms with E-state index < -0.39 is 0 Å². The topological polar surface area (TPSA) is 49.1 Å². The molecule has 4 nitrogen and oxygen atoms in total. The summed E-state index contributed by atoms with van der Waals surface area (Å²) in [6, 6.07) is 6.96. The van der Waals surface area contributed by atoms with Crippen molar-refractivity contribution in [1.82, 2.24) is 5.32 Å². The van der Waals surface area contributed by atoms with Crippen LogP contribution in [0.25, 0.3) is 5.57 Å². The summed E-state index contributed by atoms with van der Waals surface area (Å²) < 4.78 is 0. The van der Waals surface area contributed by atoms with Gasteiger partial charge in [0.1, 0.15) is 12.1 Å². The van der Waals surface area contributed by atoms with E-state index in [-0.39, 0.29) is 6.04 Å². The van der Waals surface area contributed by atoms with Crippen molar-refractivity contribution >= 4 is 23.3 Å². The largest absolute Gasteiger partial charge is 0.377 e. The number of rotatable bonds is 5. The molecule has 0 spiro atoms. The Morgan fingerprint density at radius 2 is 1.80 bits per heavy atom. The van der Waals surface area contributed by atoms with E-state index in [1.165, 1.54) is 35.1 Å². The molecule has 0 aromatic heterocycles. The second kappa shape index (κ2) is 13.7. The molecule has 164 valence electrons. The van der Waals surface area contributed by atoms with Crippen LogP contribution >= 0.6 is 0 Å². The molecule has 3 rings (SSSR count). The third-order valence-corrected chi connectivity index (χ3v) is 4.74. The van der Waals surface area contributed by atoms with Gasteiger partial charge in [-0.1, -0.05) is 78.8 Å². The van der Waals surface area contributed by atoms with Crippen LogP contribution in [0.2, 0.25) is 0 Å². The predicted molar refractivity (Wildman–Crippen MR) is 135 cm³/mol. The zero-order chi connectivity index (χ0) is 22.5. The van der Waals surface area contributed by atoms with Crippen molar-refractivity contribution in [3.05, 3.63) is 53.7 Å². The van der Waals surface area contributed by atoms with Crippen molar-refractivity contribution in [3.63, 3.8) is 0 Å². The molecule has 0 saturated heterocycles. The van der Waals surface area contributed by atoms with E-state index in [2.05, 4.69) is 86.3 Å². The van der Waals surface area contributed by atoms with E-state index in [1.807, 2.05) is 0 Å². The molecule has 1 aromatic carbocycles. The molecule has 1 aliphatic carbocycles. The fourth-order valence-corrected chi connectivity index (χ4v) is 3.27. The Labute approximate surface area is 184 Å². The summed E-state index contributed by atoms with van der Waals surface area (Å²) in [4.78, 5) is 12.8. The third-order valence-electron chi connectivity index (χ3n) is 4.74. The number of fused-ring (bicyclic) bond motifs is 1. The average Bonchev–Trinajstić information content (AvgIpc) is 3.16. The number of aryl methyl sites for hydroxylation is 1. The zero-order valence-corrected chi connectivity index (χ0v) is 19.9. The monoisotopic (exact) mass is 408 g/mol. The maximum absolute atomic E-state index is 4.35. The second-order valence-electron chi connectivity index (χ2n) is 7.60. The van der Waals surface area contributed by atoms with Crippen LogP contribution < -0.4 is 5.32 Å². The van der Waals surface area contributed by atoms with Crippen molar-refractivity contribution in [1.29, 1.82) is 0 Å². The number of hydrogen-bond acceptors (Lipinski definition) is 4. The van der Waals surface area contributed by atoms with Crippen molar-refractivity contribution in [3.8, 4) is 0 Å². The van der Waals surface area contributed by atoms with E-state index in [4.69, 9.17) is 0 Å². The van der Waals surface area contributed by atoms with Crippen LogP contribution in [0.5, 0.6) is 0 Å². The molecule has 2 aliphatic rings. The van der Waals surface area contributed by atoms with Crippen LogP contribution in [-0.2, 0) is 6.42 Å². The number of aliphatic imine (C=N–C) groups is 3. The number of allylic oxidation sites excluding steroid dienone is 2. The van der Waals surface area contributed by atoms with Crippen molar-refractivity contribution in [2.45, 2.75) is 72.8 Å². The Kier molecular flexibility index (Phi) is 11.7. The number of benzene rings is 1. The second-order valence-corrected chi connectivity index (χ2v) is 7.60. The van der Waals surface area contributed by atoms with Gasteiger partial charge in [-0.3, -0.25) is 9.98 Å². The molecule has 0 radical (unpaired) electrons. The van der Waals surface area contributed by atoms with Gasteiger partial charge in [-0.15, -0.1) is 0 Å². The molecular weight excluding hydrogens is 368 g/mol. The molecule has 0 fully saturated rings. The van der Waals surface area contributed by atoms with E-state index in [0.29, 0.717) is 6.54 Å². The maximum Gasteiger partial charge on any atom is 0.111 e. The van der Waals surface area contributed by atoms with Crippen LogP contribution in [0.4, 0.5) is 0 Å². The highest BCUT2D eigenvalue weighted by molar-refractivity contribution is 6.50. The van der Waals surface area contributed by atoms with E-state index in [9.17, 15) is 0 Å². The molecule has 1 heterocycles. The Morgan fingerprint density at radius 1 is 1.13 bits per heavy atom. The van der Waals surface area contributed by atoms with E-state index in [0.717, 1.165) is 36.4 Å². The fraction of sp³-hybridized carbons (Fsp3) is 0.500. The third kappa shape index (κ3) is 7.08. The van der Waals surface area contributed by atoms with Gasteiger partial charge in [0.05, 0.1) is 24.0 Å². The van der Waals surface area contributed by atoms with Crippen LogP contribution in [0.3, 0.4) is 0 Å². The minimum Gasteiger partial charge on any atom is -0.377 e. The van der Waals surface area contributed by atoms with Crippen LogP contribution in [-0.4, -0.2) is 31.4 Å². The van der Waals surface area contributed by atoms with Crippen molar-refractivity contribution in [2.75, 3.05) is 13.6 Å². The number of nitrogens with one attached hydrogen (secondary N) is 1. The Balaban J connectivity index is 0.000000672. The maximum atomic E-state index is 4.35. The first-order valence-electron chi connectivity index (χ1n) is 11.3. The first kappa shape index (κ1) is 25.5. The van der Waals surface area contributed by atoms with Crippen LogP contribution in [0.15, 0.2) is 52.0 Å². The smallest absolute Gasteiger partial charge is 0.111 e. The van der Waals surface area contributed by atoms with E-state index >= 15 is 0 Å². The van der Waals surface area contributed by atoms with E-state index in [1.54, 1.807) is 13.4 Å². The molecular formula is C26H40N4. The lowest BCUT2D eigenvalue weighted by atomic mass is 9.99. The SMILES string of the molecule is C=C(N[C@H]1CCc2cc(C(=C)CC)ccc21)C1=NC=NCC1=NC.CCC.CCC.